The normalized spacial score (nSPS) is 10.5. The summed E-state index contributed by atoms with van der Waals surface area (Å²) in [5.74, 6) is 0.620. The molecule has 2 rings (SSSR count). The lowest BCUT2D eigenvalue weighted by molar-refractivity contribution is 0.629. The van der Waals surface area contributed by atoms with E-state index in [1.54, 1.807) is 6.07 Å². The molecular weight excluding hydrogens is 191 g/mol. The van der Waals surface area contributed by atoms with Gasteiger partial charge in [0, 0.05) is 11.9 Å². The van der Waals surface area contributed by atoms with Crippen molar-refractivity contribution in [2.45, 2.75) is 13.3 Å². The van der Waals surface area contributed by atoms with Crippen LogP contribution in [0.15, 0.2) is 30.3 Å². The van der Waals surface area contributed by atoms with Crippen molar-refractivity contribution >= 4 is 16.7 Å². The van der Waals surface area contributed by atoms with E-state index >= 15 is 0 Å². The van der Waals surface area contributed by atoms with Gasteiger partial charge in [-0.25, -0.2) is 9.37 Å². The highest BCUT2D eigenvalue weighted by atomic mass is 19.1. The molecule has 1 N–H and O–H groups in total. The van der Waals surface area contributed by atoms with Crippen molar-refractivity contribution in [1.29, 1.82) is 0 Å². The third kappa shape index (κ3) is 2.24. The summed E-state index contributed by atoms with van der Waals surface area (Å²) in [6.07, 6.45) is 1.06. The van der Waals surface area contributed by atoms with E-state index < -0.39 is 0 Å². The second kappa shape index (κ2) is 4.26. The van der Waals surface area contributed by atoms with Crippen molar-refractivity contribution in [2.24, 2.45) is 0 Å². The van der Waals surface area contributed by atoms with Crippen LogP contribution in [-0.2, 0) is 0 Å². The maximum Gasteiger partial charge on any atom is 0.126 e. The first kappa shape index (κ1) is 9.90. The number of rotatable bonds is 3. The fraction of sp³-hybridized carbons (Fsp3) is 0.250. The molecule has 0 spiro atoms. The van der Waals surface area contributed by atoms with Gasteiger partial charge in [-0.3, -0.25) is 0 Å². The zero-order valence-corrected chi connectivity index (χ0v) is 8.63. The minimum absolute atomic E-state index is 0.224. The Kier molecular flexibility index (Phi) is 2.81. The maximum absolute atomic E-state index is 12.9. The zero-order valence-electron chi connectivity index (χ0n) is 8.63. The minimum atomic E-state index is -0.224. The molecule has 0 unspecified atom stereocenters. The Morgan fingerprint density at radius 3 is 2.93 bits per heavy atom. The molecular formula is C12H13FN2. The summed E-state index contributed by atoms with van der Waals surface area (Å²) in [5, 5.41) is 4.03. The molecule has 1 aromatic carbocycles. The van der Waals surface area contributed by atoms with Crippen molar-refractivity contribution in [2.75, 3.05) is 11.9 Å². The number of hydrogen-bond donors (Lipinski definition) is 1. The third-order valence-electron chi connectivity index (χ3n) is 2.21. The van der Waals surface area contributed by atoms with E-state index in [2.05, 4.69) is 17.2 Å². The summed E-state index contributed by atoms with van der Waals surface area (Å²) in [6, 6.07) is 8.37. The smallest absolute Gasteiger partial charge is 0.126 e. The summed E-state index contributed by atoms with van der Waals surface area (Å²) in [6.45, 7) is 3.00. The first-order chi connectivity index (χ1) is 7.29. The largest absolute Gasteiger partial charge is 0.370 e. The highest BCUT2D eigenvalue weighted by Crippen LogP contribution is 2.16. The molecule has 1 heterocycles. The lowest BCUT2D eigenvalue weighted by Gasteiger charge is -2.04. The SMILES string of the molecule is CCCNc1ccc2cc(F)ccc2n1. The van der Waals surface area contributed by atoms with E-state index in [1.807, 2.05) is 12.1 Å². The lowest BCUT2D eigenvalue weighted by atomic mass is 10.2. The molecule has 0 saturated carbocycles. The van der Waals surface area contributed by atoms with Gasteiger partial charge in [0.25, 0.3) is 0 Å². The summed E-state index contributed by atoms with van der Waals surface area (Å²) in [7, 11) is 0. The molecule has 0 aliphatic heterocycles. The Bertz CT molecular complexity index is 468. The average molecular weight is 204 g/mol. The van der Waals surface area contributed by atoms with Crippen molar-refractivity contribution in [3.05, 3.63) is 36.1 Å². The van der Waals surface area contributed by atoms with E-state index in [0.717, 1.165) is 29.7 Å². The van der Waals surface area contributed by atoms with Crippen LogP contribution in [0.2, 0.25) is 0 Å². The van der Waals surface area contributed by atoms with E-state index in [4.69, 9.17) is 0 Å². The number of halogens is 1. The molecule has 2 aromatic rings. The summed E-state index contributed by atoms with van der Waals surface area (Å²) < 4.78 is 12.9. The van der Waals surface area contributed by atoms with Crippen molar-refractivity contribution in [3.63, 3.8) is 0 Å². The second-order valence-electron chi connectivity index (χ2n) is 3.46. The highest BCUT2D eigenvalue weighted by molar-refractivity contribution is 5.80. The number of aromatic nitrogens is 1. The van der Waals surface area contributed by atoms with Crippen molar-refractivity contribution < 1.29 is 4.39 Å². The van der Waals surface area contributed by atoms with Gasteiger partial charge < -0.3 is 5.32 Å². The molecule has 1 aromatic heterocycles. The van der Waals surface area contributed by atoms with Gasteiger partial charge in [0.15, 0.2) is 0 Å². The van der Waals surface area contributed by atoms with Crippen molar-refractivity contribution in [3.8, 4) is 0 Å². The predicted octanol–water partition coefficient (Wildman–Crippen LogP) is 3.20. The molecule has 15 heavy (non-hydrogen) atoms. The summed E-state index contributed by atoms with van der Waals surface area (Å²) in [5.41, 5.74) is 0.817. The Morgan fingerprint density at radius 1 is 1.27 bits per heavy atom. The van der Waals surface area contributed by atoms with Crippen LogP contribution >= 0.6 is 0 Å². The van der Waals surface area contributed by atoms with Gasteiger partial charge in [0.1, 0.15) is 11.6 Å². The molecule has 0 saturated heterocycles. The van der Waals surface area contributed by atoms with Crippen LogP contribution in [0.5, 0.6) is 0 Å². The molecule has 0 amide bonds. The Labute approximate surface area is 88.1 Å². The number of benzene rings is 1. The molecule has 0 bridgehead atoms. The van der Waals surface area contributed by atoms with Gasteiger partial charge in [0.2, 0.25) is 0 Å². The van der Waals surface area contributed by atoms with E-state index in [0.29, 0.717) is 0 Å². The zero-order chi connectivity index (χ0) is 10.7. The molecule has 2 nitrogen and oxygen atoms in total. The molecule has 0 atom stereocenters. The fourth-order valence-corrected chi connectivity index (χ4v) is 1.45. The number of nitrogens with zero attached hydrogens (tertiary/aromatic N) is 1. The molecule has 0 aliphatic carbocycles. The van der Waals surface area contributed by atoms with E-state index in [9.17, 15) is 4.39 Å². The molecule has 3 heteroatoms. The fourth-order valence-electron chi connectivity index (χ4n) is 1.45. The van der Waals surface area contributed by atoms with Crippen LogP contribution in [0, 0.1) is 5.82 Å². The molecule has 0 radical (unpaired) electrons. The molecule has 0 aliphatic rings. The van der Waals surface area contributed by atoms with Crippen LogP contribution in [0.3, 0.4) is 0 Å². The first-order valence-corrected chi connectivity index (χ1v) is 5.10. The monoisotopic (exact) mass is 204 g/mol. The van der Waals surface area contributed by atoms with Crippen LogP contribution < -0.4 is 5.32 Å². The number of anilines is 1. The quantitative estimate of drug-likeness (QED) is 0.830. The minimum Gasteiger partial charge on any atom is -0.370 e. The maximum atomic E-state index is 12.9. The topological polar surface area (TPSA) is 24.9 Å². The number of pyridine rings is 1. The Morgan fingerprint density at radius 2 is 2.13 bits per heavy atom. The van der Waals surface area contributed by atoms with Gasteiger partial charge in [-0.2, -0.15) is 0 Å². The third-order valence-corrected chi connectivity index (χ3v) is 2.21. The van der Waals surface area contributed by atoms with Crippen LogP contribution in [0.4, 0.5) is 10.2 Å². The number of fused-ring (bicyclic) bond motifs is 1. The van der Waals surface area contributed by atoms with Crippen LogP contribution in [0.25, 0.3) is 10.9 Å². The average Bonchev–Trinajstić information content (AvgIpc) is 2.26. The lowest BCUT2D eigenvalue weighted by Crippen LogP contribution is -2.01. The van der Waals surface area contributed by atoms with Gasteiger partial charge in [-0.05, 0) is 36.8 Å². The van der Waals surface area contributed by atoms with Crippen LogP contribution in [-0.4, -0.2) is 11.5 Å². The van der Waals surface area contributed by atoms with Gasteiger partial charge in [0.05, 0.1) is 5.52 Å². The highest BCUT2D eigenvalue weighted by Gasteiger charge is 1.98. The summed E-state index contributed by atoms with van der Waals surface area (Å²) >= 11 is 0. The Hall–Kier alpha value is -1.64. The summed E-state index contributed by atoms with van der Waals surface area (Å²) in [4.78, 5) is 4.38. The van der Waals surface area contributed by atoms with Gasteiger partial charge >= 0.3 is 0 Å². The van der Waals surface area contributed by atoms with Crippen molar-refractivity contribution in [1.82, 2.24) is 4.98 Å². The second-order valence-corrected chi connectivity index (χ2v) is 3.46. The predicted molar refractivity (Wildman–Crippen MR) is 60.5 cm³/mol. The van der Waals surface area contributed by atoms with E-state index in [-0.39, 0.29) is 5.82 Å². The molecule has 0 fully saturated rings. The number of nitrogens with one attached hydrogen (secondary N) is 1. The molecule has 78 valence electrons. The van der Waals surface area contributed by atoms with Gasteiger partial charge in [-0.15, -0.1) is 0 Å². The standard InChI is InChI=1S/C12H13FN2/c1-2-7-14-12-6-3-9-8-10(13)4-5-11(9)15-12/h3-6,8H,2,7H2,1H3,(H,14,15). The van der Waals surface area contributed by atoms with Gasteiger partial charge in [-0.1, -0.05) is 6.92 Å². The Balaban J connectivity index is 2.34. The van der Waals surface area contributed by atoms with Crippen LogP contribution in [0.1, 0.15) is 13.3 Å². The van der Waals surface area contributed by atoms with E-state index in [1.165, 1.54) is 12.1 Å². The first-order valence-electron chi connectivity index (χ1n) is 5.10. The number of hydrogen-bond acceptors (Lipinski definition) is 2.